The Balaban J connectivity index is 2.56. The molecule has 6 heteroatoms. The molecule has 1 amide bonds. The maximum atomic E-state index is 12.3. The van der Waals surface area contributed by atoms with Crippen LogP contribution in [0.4, 0.5) is 8.78 Å². The highest BCUT2D eigenvalue weighted by Gasteiger charge is 2.12. The van der Waals surface area contributed by atoms with E-state index in [1.54, 1.807) is 12.1 Å². The maximum absolute atomic E-state index is 12.3. The molecule has 19 heavy (non-hydrogen) atoms. The number of hydrogen-bond acceptors (Lipinski definition) is 3. The summed E-state index contributed by atoms with van der Waals surface area (Å²) in [5.74, 6) is -0.482. The van der Waals surface area contributed by atoms with Gasteiger partial charge in [0.1, 0.15) is 5.75 Å². The average molecular weight is 266 g/mol. The number of carbonyl (C=O) groups excluding carboxylic acids is 1. The number of alkyl halides is 2. The molecule has 100 valence electrons. The van der Waals surface area contributed by atoms with E-state index in [9.17, 15) is 13.6 Å². The Morgan fingerprint density at radius 2 is 2.16 bits per heavy atom. The van der Waals surface area contributed by atoms with Crippen LogP contribution in [0.5, 0.6) is 5.75 Å². The van der Waals surface area contributed by atoms with Gasteiger partial charge in [0.25, 0.3) is 0 Å². The summed E-state index contributed by atoms with van der Waals surface area (Å²) < 4.78 is 29.1. The molecule has 0 bridgehead atoms. The summed E-state index contributed by atoms with van der Waals surface area (Å²) in [6.07, 6.45) is 1.83. The largest absolute Gasteiger partial charge is 0.434 e. The van der Waals surface area contributed by atoms with E-state index in [1.165, 1.54) is 12.3 Å². The van der Waals surface area contributed by atoms with Crippen LogP contribution < -0.4 is 10.5 Å². The van der Waals surface area contributed by atoms with E-state index in [-0.39, 0.29) is 11.3 Å². The molecule has 0 aliphatic heterocycles. The zero-order valence-corrected chi connectivity index (χ0v) is 10.2. The van der Waals surface area contributed by atoms with Crippen molar-refractivity contribution in [1.29, 1.82) is 0 Å². The molecule has 0 saturated carbocycles. The van der Waals surface area contributed by atoms with Crippen LogP contribution in [-0.2, 0) is 6.42 Å². The number of ether oxygens (including phenoxy) is 1. The number of aromatic nitrogens is 1. The van der Waals surface area contributed by atoms with Gasteiger partial charge >= 0.3 is 6.61 Å². The van der Waals surface area contributed by atoms with E-state index in [0.29, 0.717) is 22.9 Å². The Labute approximate surface area is 108 Å². The molecule has 0 aliphatic rings. The number of amides is 1. The summed E-state index contributed by atoms with van der Waals surface area (Å²) in [5.41, 5.74) is 6.54. The number of fused-ring (bicyclic) bond motifs is 1. The highest BCUT2D eigenvalue weighted by Crippen LogP contribution is 2.27. The molecule has 0 fully saturated rings. The van der Waals surface area contributed by atoms with Crippen LogP contribution >= 0.6 is 0 Å². The Bertz CT molecular complexity index is 629. The molecule has 0 radical (unpaired) electrons. The molecule has 1 aromatic heterocycles. The van der Waals surface area contributed by atoms with E-state index in [0.717, 1.165) is 0 Å². The van der Waals surface area contributed by atoms with Crippen molar-refractivity contribution in [1.82, 2.24) is 4.98 Å². The molecule has 2 aromatic rings. The second-order valence-electron chi connectivity index (χ2n) is 3.97. The van der Waals surface area contributed by atoms with E-state index in [1.807, 2.05) is 6.92 Å². The minimum absolute atomic E-state index is 0.101. The lowest BCUT2D eigenvalue weighted by Crippen LogP contribution is -2.11. The fourth-order valence-corrected chi connectivity index (χ4v) is 1.82. The SMILES string of the molecule is CCc1cc2cc(C(N)=O)cnc2cc1OC(F)F. The zero-order valence-electron chi connectivity index (χ0n) is 10.2. The Kier molecular flexibility index (Phi) is 3.59. The molecule has 0 aliphatic carbocycles. The topological polar surface area (TPSA) is 65.2 Å². The number of halogens is 2. The Morgan fingerprint density at radius 1 is 1.42 bits per heavy atom. The number of hydrogen-bond donors (Lipinski definition) is 1. The molecular weight excluding hydrogens is 254 g/mol. The van der Waals surface area contributed by atoms with Crippen LogP contribution in [0.3, 0.4) is 0 Å². The first-order valence-corrected chi connectivity index (χ1v) is 5.68. The van der Waals surface area contributed by atoms with Gasteiger partial charge in [-0.3, -0.25) is 9.78 Å². The van der Waals surface area contributed by atoms with Gasteiger partial charge in [-0.05, 0) is 24.1 Å². The van der Waals surface area contributed by atoms with Crippen molar-refractivity contribution in [3.05, 3.63) is 35.5 Å². The predicted molar refractivity (Wildman–Crippen MR) is 66.3 cm³/mol. The maximum Gasteiger partial charge on any atom is 0.387 e. The van der Waals surface area contributed by atoms with Gasteiger partial charge in [0.15, 0.2) is 0 Å². The summed E-state index contributed by atoms with van der Waals surface area (Å²) in [6, 6.07) is 4.69. The van der Waals surface area contributed by atoms with Crippen LogP contribution in [0.2, 0.25) is 0 Å². The van der Waals surface area contributed by atoms with Crippen LogP contribution in [-0.4, -0.2) is 17.5 Å². The lowest BCUT2D eigenvalue weighted by molar-refractivity contribution is -0.0503. The lowest BCUT2D eigenvalue weighted by atomic mass is 10.1. The summed E-state index contributed by atoms with van der Waals surface area (Å²) in [4.78, 5) is 15.1. The summed E-state index contributed by atoms with van der Waals surface area (Å²) >= 11 is 0. The predicted octanol–water partition coefficient (Wildman–Crippen LogP) is 2.50. The molecule has 1 heterocycles. The molecule has 2 rings (SSSR count). The molecule has 4 nitrogen and oxygen atoms in total. The average Bonchev–Trinajstić information content (AvgIpc) is 2.36. The minimum Gasteiger partial charge on any atom is -0.434 e. The molecule has 0 unspecified atom stereocenters. The van der Waals surface area contributed by atoms with E-state index < -0.39 is 12.5 Å². The molecule has 1 aromatic carbocycles. The van der Waals surface area contributed by atoms with Crippen molar-refractivity contribution in [3.8, 4) is 5.75 Å². The lowest BCUT2D eigenvalue weighted by Gasteiger charge is -2.11. The van der Waals surface area contributed by atoms with E-state index in [2.05, 4.69) is 9.72 Å². The first-order chi connectivity index (χ1) is 9.01. The smallest absolute Gasteiger partial charge is 0.387 e. The van der Waals surface area contributed by atoms with Gasteiger partial charge in [0.05, 0.1) is 11.1 Å². The van der Waals surface area contributed by atoms with Crippen molar-refractivity contribution in [2.75, 3.05) is 0 Å². The highest BCUT2D eigenvalue weighted by atomic mass is 19.3. The molecule has 0 saturated heterocycles. The second kappa shape index (κ2) is 5.17. The normalized spacial score (nSPS) is 10.9. The first kappa shape index (κ1) is 13.2. The van der Waals surface area contributed by atoms with Gasteiger partial charge in [-0.2, -0.15) is 8.78 Å². The Hall–Kier alpha value is -2.24. The van der Waals surface area contributed by atoms with Gasteiger partial charge in [-0.15, -0.1) is 0 Å². The molecule has 2 N–H and O–H groups in total. The van der Waals surface area contributed by atoms with Crippen molar-refractivity contribution < 1.29 is 18.3 Å². The summed E-state index contributed by atoms with van der Waals surface area (Å²) in [7, 11) is 0. The number of pyridine rings is 1. The highest BCUT2D eigenvalue weighted by molar-refractivity contribution is 5.96. The first-order valence-electron chi connectivity index (χ1n) is 5.68. The fraction of sp³-hybridized carbons (Fsp3) is 0.231. The number of aryl methyl sites for hydroxylation is 1. The van der Waals surface area contributed by atoms with Crippen molar-refractivity contribution in [3.63, 3.8) is 0 Å². The third kappa shape index (κ3) is 2.78. The quantitative estimate of drug-likeness (QED) is 0.924. The van der Waals surface area contributed by atoms with Crippen LogP contribution in [0.15, 0.2) is 24.4 Å². The number of carbonyl (C=O) groups is 1. The Morgan fingerprint density at radius 3 is 2.74 bits per heavy atom. The summed E-state index contributed by atoms with van der Waals surface area (Å²) in [5, 5.41) is 0.662. The monoisotopic (exact) mass is 266 g/mol. The van der Waals surface area contributed by atoms with Crippen molar-refractivity contribution in [2.24, 2.45) is 5.73 Å². The van der Waals surface area contributed by atoms with Gasteiger partial charge < -0.3 is 10.5 Å². The summed E-state index contributed by atoms with van der Waals surface area (Å²) in [6.45, 7) is -1.06. The number of rotatable bonds is 4. The standard InChI is InChI=1S/C13H12F2N2O2/c1-2-7-3-8-4-9(12(16)18)6-17-10(8)5-11(7)19-13(14)15/h3-6,13H,2H2,1H3,(H2,16,18). The van der Waals surface area contributed by atoms with Gasteiger partial charge in [-0.1, -0.05) is 6.92 Å². The third-order valence-electron chi connectivity index (χ3n) is 2.74. The molecular formula is C13H12F2N2O2. The van der Waals surface area contributed by atoms with Gasteiger partial charge in [0.2, 0.25) is 5.91 Å². The van der Waals surface area contributed by atoms with Gasteiger partial charge in [-0.25, -0.2) is 0 Å². The molecule has 0 spiro atoms. The third-order valence-corrected chi connectivity index (χ3v) is 2.74. The van der Waals surface area contributed by atoms with Crippen LogP contribution in [0, 0.1) is 0 Å². The number of nitrogens with zero attached hydrogens (tertiary/aromatic N) is 1. The minimum atomic E-state index is -2.88. The van der Waals surface area contributed by atoms with E-state index >= 15 is 0 Å². The zero-order chi connectivity index (χ0) is 14.0. The van der Waals surface area contributed by atoms with Crippen molar-refractivity contribution >= 4 is 16.8 Å². The van der Waals surface area contributed by atoms with E-state index in [4.69, 9.17) is 5.73 Å². The van der Waals surface area contributed by atoms with Crippen LogP contribution in [0.1, 0.15) is 22.8 Å². The number of primary amides is 1. The van der Waals surface area contributed by atoms with Crippen molar-refractivity contribution in [2.45, 2.75) is 20.0 Å². The van der Waals surface area contributed by atoms with Gasteiger partial charge in [0, 0.05) is 17.6 Å². The number of nitrogens with two attached hydrogens (primary N) is 1. The van der Waals surface area contributed by atoms with Crippen LogP contribution in [0.25, 0.3) is 10.9 Å². The molecule has 0 atom stereocenters. The fourth-order valence-electron chi connectivity index (χ4n) is 1.82. The number of benzene rings is 1. The second-order valence-corrected chi connectivity index (χ2v) is 3.97.